The van der Waals surface area contributed by atoms with Gasteiger partial charge in [0.1, 0.15) is 43.8 Å². The van der Waals surface area contributed by atoms with Gasteiger partial charge in [-0.05, 0) is 107 Å². The first-order valence-corrected chi connectivity index (χ1v) is 35.6. The molecule has 0 heterocycles. The van der Waals surface area contributed by atoms with Gasteiger partial charge in [-0.25, -0.2) is 0 Å². The van der Waals surface area contributed by atoms with Crippen molar-refractivity contribution in [2.45, 2.75) is 206 Å². The zero-order valence-electron chi connectivity index (χ0n) is 62.1. The third-order valence-corrected chi connectivity index (χ3v) is 17.1. The highest BCUT2D eigenvalue weighted by atomic mass is 16.5. The van der Waals surface area contributed by atoms with Crippen LogP contribution in [0.15, 0.2) is 48.5 Å². The molecule has 0 saturated heterocycles. The van der Waals surface area contributed by atoms with E-state index in [2.05, 4.69) is 59.8 Å². The molecule has 5 unspecified atom stereocenters. The molecular formula is C78H157N8O14+5. The van der Waals surface area contributed by atoms with Crippen molar-refractivity contribution in [1.29, 1.82) is 0 Å². The van der Waals surface area contributed by atoms with Gasteiger partial charge in [0.2, 0.25) is 0 Å². The van der Waals surface area contributed by atoms with Gasteiger partial charge < -0.3 is 73.7 Å². The van der Waals surface area contributed by atoms with Crippen LogP contribution in [0.25, 0.3) is 0 Å². The second-order valence-corrected chi connectivity index (χ2v) is 28.3. The predicted molar refractivity (Wildman–Crippen MR) is 415 cm³/mol. The van der Waals surface area contributed by atoms with Crippen LogP contribution >= 0.6 is 0 Å². The van der Waals surface area contributed by atoms with Crippen molar-refractivity contribution in [3.05, 3.63) is 59.7 Å². The van der Waals surface area contributed by atoms with Gasteiger partial charge in [-0.1, -0.05) is 90.5 Å². The number of ketones is 2. The standard InChI is InChI=1S/C41H76N4O6.C30H53N4O8.C2H6.5CH4/c1-11-13-14-16-31-51-35(4)40(48)25-29-45(10,28-24-39(47)34(3)19-15-17-30-50-12-2)33-38(46)32-44(8,9)27-18-26-42-41(49)36-20-22-37(23-21-36)43(5,6)7;1-33(2,16-8-15-32-30(40)25-9-11-26(31)12-10-25)23-27(37)24-34(3,17-13-28(38)41-21-6-4-19-35)18-14-29(39)42-22-7-5-20-36;1-2;;;;;/h20-23,34-35,38,46H,11-19,24-33H2,1-10H3;9-12,27,35-37H,4-8,13-24H2,1-3H3,(H2-,31,32,40);1-2H3;5*1H4/q+2;+1;;;;;;/p+2. The molecule has 588 valence electrons. The van der Waals surface area contributed by atoms with E-state index >= 15 is 0 Å². The minimum absolute atomic E-state index is 0. The smallest absolute Gasteiger partial charge is 0.311 e. The quantitative estimate of drug-likeness (QED) is 0.0140. The Kier molecular flexibility index (Phi) is 63.0. The van der Waals surface area contributed by atoms with E-state index < -0.39 is 18.3 Å². The number of likely N-dealkylation sites (N-methyl/N-ethyl adjacent to an activating group) is 4. The van der Waals surface area contributed by atoms with Crippen molar-refractivity contribution in [2.75, 3.05) is 194 Å². The molecular weight excluding hydrogens is 1270 g/mol. The molecule has 5 atom stereocenters. The first kappa shape index (κ1) is 106. The fourth-order valence-corrected chi connectivity index (χ4v) is 11.1. The molecule has 0 saturated carbocycles. The number of carbonyl (C=O) groups is 6. The Labute approximate surface area is 611 Å². The predicted octanol–water partition coefficient (Wildman–Crippen LogP) is 10.5. The maximum absolute atomic E-state index is 13.2. The lowest BCUT2D eigenvalue weighted by atomic mass is 9.97. The Morgan fingerprint density at radius 2 is 0.880 bits per heavy atom. The summed E-state index contributed by atoms with van der Waals surface area (Å²) in [5.74, 6) is -0.658. The van der Waals surface area contributed by atoms with Gasteiger partial charge in [0.25, 0.3) is 11.8 Å². The zero-order valence-corrected chi connectivity index (χ0v) is 62.1. The monoisotopic (exact) mass is 1430 g/mol. The SMILES string of the molecule is C.C.C.C.C.CC.CCCCCCOC(C)C(=O)CC[N+](C)(CCC(=O)C(C)CCCCOCC)CC(O)C[N+](C)(C)CCCNC(=O)c1ccc([N+](C)(C)C)cc1.C[N+](C)(CCCNC(=O)c1ccc(N)cc1)CC(O)C[N+](C)(CCC(=O)OCCCCO)CCC(=O)OCCCCO. The molecule has 2 amide bonds. The maximum atomic E-state index is 13.2. The molecule has 22 heteroatoms. The zero-order chi connectivity index (χ0) is 71.9. The third-order valence-electron chi connectivity index (χ3n) is 17.1. The lowest BCUT2D eigenvalue weighted by Gasteiger charge is -2.39. The number of nitrogens with zero attached hydrogens (tertiary/aromatic N) is 5. The number of aliphatic hydroxyl groups excluding tert-OH is 4. The molecule has 22 nitrogen and oxygen atoms in total. The number of esters is 2. The molecule has 0 radical (unpaired) electrons. The molecule has 2 aromatic carbocycles. The van der Waals surface area contributed by atoms with Gasteiger partial charge >= 0.3 is 11.9 Å². The molecule has 0 aliphatic rings. The molecule has 0 spiro atoms. The van der Waals surface area contributed by atoms with Gasteiger partial charge in [-0.2, -0.15) is 0 Å². The minimum Gasteiger partial charge on any atom is -0.466 e. The largest absolute Gasteiger partial charge is 0.466 e. The number of rotatable bonds is 53. The molecule has 0 bridgehead atoms. The van der Waals surface area contributed by atoms with Crippen LogP contribution in [0.5, 0.6) is 0 Å². The number of nitrogens with two attached hydrogens (primary N) is 1. The highest BCUT2D eigenvalue weighted by molar-refractivity contribution is 5.95. The molecule has 0 aliphatic heterocycles. The van der Waals surface area contributed by atoms with Crippen LogP contribution in [-0.4, -0.2) is 280 Å². The number of benzene rings is 2. The fourth-order valence-electron chi connectivity index (χ4n) is 11.1. The molecule has 0 aromatic heterocycles. The number of Topliss-reactive ketones (excluding diaryl/α,β-unsaturated/α-hetero) is 2. The van der Waals surface area contributed by atoms with E-state index in [9.17, 15) is 39.0 Å². The second-order valence-electron chi connectivity index (χ2n) is 28.3. The number of carbonyl (C=O) groups excluding carboxylic acids is 6. The van der Waals surface area contributed by atoms with Crippen LogP contribution in [-0.2, 0) is 38.1 Å². The Morgan fingerprint density at radius 1 is 0.480 bits per heavy atom. The number of aliphatic hydroxyl groups is 4. The van der Waals surface area contributed by atoms with Crippen molar-refractivity contribution >= 4 is 46.7 Å². The Hall–Kier alpha value is -4.98. The summed E-state index contributed by atoms with van der Waals surface area (Å²) in [6, 6.07) is 14.5. The Bertz CT molecular complexity index is 2330. The lowest BCUT2D eigenvalue weighted by Crippen LogP contribution is -2.56. The summed E-state index contributed by atoms with van der Waals surface area (Å²) < 4.78 is 24.4. The number of unbranched alkanes of at least 4 members (excludes halogenated alkanes) is 6. The Balaban J connectivity index is -0.000000417. The molecule has 8 N–H and O–H groups in total. The first-order valence-electron chi connectivity index (χ1n) is 35.6. The number of quaternary nitrogens is 5. The summed E-state index contributed by atoms with van der Waals surface area (Å²) in [4.78, 5) is 75.9. The molecule has 0 aliphatic carbocycles. The summed E-state index contributed by atoms with van der Waals surface area (Å²) in [6.07, 6.45) is 10.2. The maximum Gasteiger partial charge on any atom is 0.311 e. The van der Waals surface area contributed by atoms with E-state index in [1.807, 2.05) is 80.0 Å². The van der Waals surface area contributed by atoms with Gasteiger partial charge in [0, 0.05) is 81.7 Å². The van der Waals surface area contributed by atoms with Crippen molar-refractivity contribution in [2.24, 2.45) is 5.92 Å². The first-order chi connectivity index (χ1) is 44.8. The number of ether oxygens (including phenoxy) is 4. The van der Waals surface area contributed by atoms with Crippen LogP contribution in [0.3, 0.4) is 0 Å². The minimum atomic E-state index is -0.699. The van der Waals surface area contributed by atoms with Gasteiger partial charge in [0.15, 0.2) is 18.0 Å². The molecule has 0 fully saturated rings. The highest BCUT2D eigenvalue weighted by Gasteiger charge is 2.34. The van der Waals surface area contributed by atoms with Crippen LogP contribution in [0, 0.1) is 5.92 Å². The van der Waals surface area contributed by atoms with Gasteiger partial charge in [-0.15, -0.1) is 0 Å². The van der Waals surface area contributed by atoms with E-state index in [-0.39, 0.29) is 122 Å². The van der Waals surface area contributed by atoms with Gasteiger partial charge in [0.05, 0.1) is 142 Å². The topological polar surface area (TPSA) is 270 Å². The Morgan fingerprint density at radius 3 is 1.29 bits per heavy atom. The number of anilines is 1. The number of nitrogens with one attached hydrogen (secondary N) is 2. The van der Waals surface area contributed by atoms with E-state index in [1.54, 1.807) is 24.3 Å². The van der Waals surface area contributed by atoms with E-state index in [4.69, 9.17) is 34.9 Å². The fraction of sp³-hybridized carbons (Fsp3) is 0.769. The lowest BCUT2D eigenvalue weighted by molar-refractivity contribution is -0.925. The van der Waals surface area contributed by atoms with E-state index in [0.717, 1.165) is 76.8 Å². The van der Waals surface area contributed by atoms with Crippen molar-refractivity contribution in [3.63, 3.8) is 0 Å². The summed E-state index contributed by atoms with van der Waals surface area (Å²) >= 11 is 0. The average Bonchev–Trinajstić information content (AvgIpc) is 0.865. The van der Waals surface area contributed by atoms with Crippen LogP contribution < -0.4 is 20.9 Å². The van der Waals surface area contributed by atoms with Crippen LogP contribution in [0.1, 0.15) is 209 Å². The second kappa shape index (κ2) is 59.4. The van der Waals surface area contributed by atoms with Crippen molar-refractivity contribution in [1.82, 2.24) is 15.1 Å². The van der Waals surface area contributed by atoms with Crippen molar-refractivity contribution in [3.8, 4) is 0 Å². The average molecular weight is 1430 g/mol. The third kappa shape index (κ3) is 52.0. The van der Waals surface area contributed by atoms with Crippen LogP contribution in [0.2, 0.25) is 0 Å². The summed E-state index contributed by atoms with van der Waals surface area (Å²) in [6.45, 7) is 20.9. The molecule has 2 rings (SSSR count). The number of nitrogen functional groups attached to an aromatic ring is 1. The highest BCUT2D eigenvalue weighted by Crippen LogP contribution is 2.20. The van der Waals surface area contributed by atoms with E-state index in [0.29, 0.717) is 152 Å². The van der Waals surface area contributed by atoms with Crippen molar-refractivity contribution < 1.29 is 86.1 Å². The van der Waals surface area contributed by atoms with Crippen LogP contribution in [0.4, 0.5) is 11.4 Å². The number of hydrogen-bond donors (Lipinski definition) is 7. The summed E-state index contributed by atoms with van der Waals surface area (Å²) in [5, 5.41) is 46.2. The summed E-state index contributed by atoms with van der Waals surface area (Å²) in [5.41, 5.74) is 8.61. The normalized spacial score (nSPS) is 13.1. The van der Waals surface area contributed by atoms with Gasteiger partial charge in [-0.3, -0.25) is 33.3 Å². The molecule has 100 heavy (non-hydrogen) atoms. The number of amides is 2. The summed E-state index contributed by atoms with van der Waals surface area (Å²) in [7, 11) is 18.5. The van der Waals surface area contributed by atoms with E-state index in [1.165, 1.54) is 6.42 Å². The number of hydrogen-bond acceptors (Lipinski definition) is 15. The molecule has 2 aromatic rings.